The van der Waals surface area contributed by atoms with Crippen molar-refractivity contribution in [3.05, 3.63) is 42.2 Å². The molecule has 3 heterocycles. The van der Waals surface area contributed by atoms with E-state index in [2.05, 4.69) is 10.3 Å². The number of carbonyl (C=O) groups excluding carboxylic acids is 1. The van der Waals surface area contributed by atoms with Crippen LogP contribution in [0.3, 0.4) is 0 Å². The van der Waals surface area contributed by atoms with Crippen molar-refractivity contribution in [1.29, 1.82) is 0 Å². The highest BCUT2D eigenvalue weighted by atomic mass is 16.6. The molecular weight excluding hydrogens is 374 g/mol. The van der Waals surface area contributed by atoms with Gasteiger partial charge in [-0.25, -0.2) is 4.98 Å². The molecule has 0 unspecified atom stereocenters. The molecule has 0 saturated heterocycles. The highest BCUT2D eigenvalue weighted by Crippen LogP contribution is 2.34. The van der Waals surface area contributed by atoms with Crippen LogP contribution >= 0.6 is 0 Å². The second kappa shape index (κ2) is 7.54. The Morgan fingerprint density at radius 3 is 2.52 bits per heavy atom. The van der Waals surface area contributed by atoms with E-state index in [1.54, 1.807) is 10.9 Å². The molecule has 5 rings (SSSR count). The average Bonchev–Trinajstić information content (AvgIpc) is 2.97. The quantitative estimate of drug-likeness (QED) is 0.730. The van der Waals surface area contributed by atoms with Gasteiger partial charge in [0.1, 0.15) is 19.8 Å². The Labute approximate surface area is 167 Å². The number of rotatable bonds is 4. The van der Waals surface area contributed by atoms with Crippen LogP contribution in [0, 0.1) is 0 Å². The van der Waals surface area contributed by atoms with E-state index in [9.17, 15) is 4.79 Å². The van der Waals surface area contributed by atoms with Gasteiger partial charge in [0.05, 0.1) is 30.6 Å². The van der Waals surface area contributed by atoms with Gasteiger partial charge >= 0.3 is 0 Å². The van der Waals surface area contributed by atoms with Crippen LogP contribution in [0.25, 0.3) is 11.0 Å². The molecule has 2 aliphatic rings. The number of ether oxygens (including phenoxy) is 4. The van der Waals surface area contributed by atoms with Crippen molar-refractivity contribution in [3.63, 3.8) is 0 Å². The summed E-state index contributed by atoms with van der Waals surface area (Å²) in [6, 6.07) is 9.45. The highest BCUT2D eigenvalue weighted by molar-refractivity contribution is 5.83. The number of nitrogens with one attached hydrogen (secondary N) is 1. The van der Waals surface area contributed by atoms with Crippen LogP contribution < -0.4 is 24.3 Å². The molecule has 29 heavy (non-hydrogen) atoms. The van der Waals surface area contributed by atoms with Crippen LogP contribution in [0.1, 0.15) is 12.0 Å². The van der Waals surface area contributed by atoms with Crippen molar-refractivity contribution in [1.82, 2.24) is 14.9 Å². The molecule has 0 atom stereocenters. The summed E-state index contributed by atoms with van der Waals surface area (Å²) in [4.78, 5) is 16.9. The van der Waals surface area contributed by atoms with Crippen LogP contribution in [0.2, 0.25) is 0 Å². The van der Waals surface area contributed by atoms with Crippen LogP contribution in [0.4, 0.5) is 0 Å². The lowest BCUT2D eigenvalue weighted by molar-refractivity contribution is -0.121. The van der Waals surface area contributed by atoms with Crippen molar-refractivity contribution in [2.75, 3.05) is 26.4 Å². The van der Waals surface area contributed by atoms with E-state index in [0.717, 1.165) is 34.5 Å². The second-order valence-corrected chi connectivity index (χ2v) is 6.97. The lowest BCUT2D eigenvalue weighted by atomic mass is 10.2. The summed E-state index contributed by atoms with van der Waals surface area (Å²) in [5, 5.41) is 2.95. The van der Waals surface area contributed by atoms with Gasteiger partial charge in [0.2, 0.25) is 5.91 Å². The first-order valence-electron chi connectivity index (χ1n) is 9.66. The van der Waals surface area contributed by atoms with Crippen molar-refractivity contribution in [3.8, 4) is 23.0 Å². The Morgan fingerprint density at radius 2 is 1.66 bits per heavy atom. The van der Waals surface area contributed by atoms with Gasteiger partial charge in [-0.05, 0) is 17.7 Å². The number of imidazole rings is 1. The summed E-state index contributed by atoms with van der Waals surface area (Å²) in [5.41, 5.74) is 2.56. The summed E-state index contributed by atoms with van der Waals surface area (Å²) >= 11 is 0. The second-order valence-electron chi connectivity index (χ2n) is 6.97. The minimum atomic E-state index is -0.105. The predicted octanol–water partition coefficient (Wildman–Crippen LogP) is 2.29. The third-order valence-corrected chi connectivity index (χ3v) is 4.90. The summed E-state index contributed by atoms with van der Waals surface area (Å²) < 4.78 is 24.4. The van der Waals surface area contributed by atoms with Crippen molar-refractivity contribution in [2.24, 2.45) is 0 Å². The molecule has 8 nitrogen and oxygen atoms in total. The number of carbonyl (C=O) groups is 1. The SMILES string of the molecule is O=C(Cn1cnc2cc3c(cc21)OCCO3)NCc1ccc2c(c1)OCCCO2. The molecule has 8 heteroatoms. The number of fused-ring (bicyclic) bond motifs is 3. The predicted molar refractivity (Wildman–Crippen MR) is 105 cm³/mol. The van der Waals surface area contributed by atoms with Gasteiger partial charge in [0.15, 0.2) is 23.0 Å². The Morgan fingerprint density at radius 1 is 0.931 bits per heavy atom. The molecule has 0 aliphatic carbocycles. The van der Waals surface area contributed by atoms with Gasteiger partial charge in [-0.3, -0.25) is 4.79 Å². The van der Waals surface area contributed by atoms with Crippen molar-refractivity contribution >= 4 is 16.9 Å². The maximum atomic E-state index is 12.5. The topological polar surface area (TPSA) is 83.8 Å². The largest absolute Gasteiger partial charge is 0.490 e. The number of hydrogen-bond donors (Lipinski definition) is 1. The summed E-state index contributed by atoms with van der Waals surface area (Å²) in [6.45, 7) is 2.91. The lowest BCUT2D eigenvalue weighted by Gasteiger charge is -2.18. The van der Waals surface area contributed by atoms with Crippen molar-refractivity contribution < 1.29 is 23.7 Å². The van der Waals surface area contributed by atoms with E-state index < -0.39 is 0 Å². The Bertz CT molecular complexity index is 1060. The minimum Gasteiger partial charge on any atom is -0.490 e. The molecule has 0 spiro atoms. The third-order valence-electron chi connectivity index (χ3n) is 4.90. The first-order chi connectivity index (χ1) is 14.3. The molecule has 2 aromatic carbocycles. The average molecular weight is 395 g/mol. The molecule has 1 amide bonds. The molecule has 0 radical (unpaired) electrons. The molecule has 0 bridgehead atoms. The van der Waals surface area contributed by atoms with Gasteiger partial charge in [-0.1, -0.05) is 6.07 Å². The van der Waals surface area contributed by atoms with Gasteiger partial charge in [-0.2, -0.15) is 0 Å². The van der Waals surface area contributed by atoms with Crippen LogP contribution in [0.5, 0.6) is 23.0 Å². The maximum Gasteiger partial charge on any atom is 0.240 e. The summed E-state index contributed by atoms with van der Waals surface area (Å²) in [7, 11) is 0. The molecule has 1 aromatic heterocycles. The first-order valence-corrected chi connectivity index (χ1v) is 9.66. The van der Waals surface area contributed by atoms with E-state index in [0.29, 0.717) is 44.5 Å². The number of benzene rings is 2. The minimum absolute atomic E-state index is 0.105. The van der Waals surface area contributed by atoms with Gasteiger partial charge < -0.3 is 28.8 Å². The zero-order chi connectivity index (χ0) is 19.6. The van der Waals surface area contributed by atoms with Gasteiger partial charge in [0.25, 0.3) is 0 Å². The monoisotopic (exact) mass is 395 g/mol. The Balaban J connectivity index is 1.26. The zero-order valence-electron chi connectivity index (χ0n) is 15.8. The number of aromatic nitrogens is 2. The molecular formula is C21H21N3O5. The van der Waals surface area contributed by atoms with Crippen molar-refractivity contribution in [2.45, 2.75) is 19.5 Å². The fraction of sp³-hybridized carbons (Fsp3) is 0.333. The Kier molecular flexibility index (Phi) is 4.59. The van der Waals surface area contributed by atoms with Crippen LogP contribution in [-0.4, -0.2) is 41.9 Å². The zero-order valence-corrected chi connectivity index (χ0v) is 15.8. The highest BCUT2D eigenvalue weighted by Gasteiger charge is 2.16. The summed E-state index contributed by atoms with van der Waals surface area (Å²) in [6.07, 6.45) is 2.52. The standard InChI is InChI=1S/C21H21N3O5/c25-21(22-11-14-2-3-17-18(8-14)27-5-1-4-26-17)12-24-13-23-15-9-19-20(10-16(15)24)29-7-6-28-19/h2-3,8-10,13H,1,4-7,11-12H2,(H,22,25). The summed E-state index contributed by atoms with van der Waals surface area (Å²) in [5.74, 6) is 2.73. The molecule has 150 valence electrons. The third kappa shape index (κ3) is 3.65. The smallest absolute Gasteiger partial charge is 0.240 e. The van der Waals surface area contributed by atoms with E-state index in [1.807, 2.05) is 30.3 Å². The Hall–Kier alpha value is -3.42. The molecule has 0 saturated carbocycles. The number of amides is 1. The van der Waals surface area contributed by atoms with Crippen LogP contribution in [0.15, 0.2) is 36.7 Å². The van der Waals surface area contributed by atoms with E-state index >= 15 is 0 Å². The van der Waals surface area contributed by atoms with E-state index in [-0.39, 0.29) is 12.5 Å². The fourth-order valence-electron chi connectivity index (χ4n) is 3.45. The molecule has 3 aromatic rings. The van der Waals surface area contributed by atoms with E-state index in [1.165, 1.54) is 0 Å². The normalized spacial score (nSPS) is 15.0. The lowest BCUT2D eigenvalue weighted by Crippen LogP contribution is -2.26. The van der Waals surface area contributed by atoms with Gasteiger partial charge in [-0.15, -0.1) is 0 Å². The molecule has 0 fully saturated rings. The number of hydrogen-bond acceptors (Lipinski definition) is 6. The molecule has 1 N–H and O–H groups in total. The fourth-order valence-corrected chi connectivity index (χ4v) is 3.45. The van der Waals surface area contributed by atoms with Gasteiger partial charge in [0, 0.05) is 25.1 Å². The van der Waals surface area contributed by atoms with Crippen LogP contribution in [-0.2, 0) is 17.9 Å². The number of nitrogens with zero attached hydrogens (tertiary/aromatic N) is 2. The maximum absolute atomic E-state index is 12.5. The first kappa shape index (κ1) is 17.7. The molecule has 2 aliphatic heterocycles. The van der Waals surface area contributed by atoms with E-state index in [4.69, 9.17) is 18.9 Å².